The summed E-state index contributed by atoms with van der Waals surface area (Å²) in [5, 5.41) is 2.28. The number of H-pyrrole nitrogens is 1. The molecule has 5 heteroatoms. The summed E-state index contributed by atoms with van der Waals surface area (Å²) in [7, 11) is 1.28. The monoisotopic (exact) mass is 157 g/mol. The number of aromatic nitrogens is 1. The van der Waals surface area contributed by atoms with E-state index in [9.17, 15) is 9.59 Å². The van der Waals surface area contributed by atoms with Crippen LogP contribution < -0.4 is 5.63 Å². The van der Waals surface area contributed by atoms with Crippen LogP contribution in [0.3, 0.4) is 0 Å². The molecule has 1 heterocycles. The van der Waals surface area contributed by atoms with Crippen LogP contribution in [0.5, 0.6) is 0 Å². The van der Waals surface area contributed by atoms with Crippen molar-refractivity contribution in [1.29, 1.82) is 0 Å². The van der Waals surface area contributed by atoms with E-state index < -0.39 is 11.6 Å². The largest absolute Gasteiger partial charge is 0.469 e. The van der Waals surface area contributed by atoms with Gasteiger partial charge in [0.05, 0.1) is 19.2 Å². The van der Waals surface area contributed by atoms with Gasteiger partial charge in [-0.15, -0.1) is 0 Å². The average Bonchev–Trinajstić information content (AvgIpc) is 2.35. The third kappa shape index (κ3) is 1.96. The molecule has 0 fully saturated rings. The van der Waals surface area contributed by atoms with Crippen LogP contribution in [0.2, 0.25) is 0 Å². The Labute approximate surface area is 61.9 Å². The van der Waals surface area contributed by atoms with E-state index in [4.69, 9.17) is 0 Å². The second-order valence-electron chi connectivity index (χ2n) is 1.95. The molecule has 60 valence electrons. The van der Waals surface area contributed by atoms with E-state index in [1.807, 2.05) is 0 Å². The van der Waals surface area contributed by atoms with Gasteiger partial charge in [0.25, 0.3) is 0 Å². The van der Waals surface area contributed by atoms with Gasteiger partial charge >= 0.3 is 11.6 Å². The molecule has 0 radical (unpaired) electrons. The summed E-state index contributed by atoms with van der Waals surface area (Å²) < 4.78 is 8.68. The maximum atomic E-state index is 10.6. The van der Waals surface area contributed by atoms with Crippen LogP contribution in [0.25, 0.3) is 0 Å². The number of carbonyl (C=O) groups excluding carboxylic acids is 1. The lowest BCUT2D eigenvalue weighted by atomic mass is 10.3. The third-order valence-electron chi connectivity index (χ3n) is 1.14. The van der Waals surface area contributed by atoms with Crippen molar-refractivity contribution in [3.8, 4) is 0 Å². The fourth-order valence-electron chi connectivity index (χ4n) is 0.632. The van der Waals surface area contributed by atoms with Crippen molar-refractivity contribution in [3.63, 3.8) is 0 Å². The van der Waals surface area contributed by atoms with Crippen molar-refractivity contribution >= 4 is 5.97 Å². The summed E-state index contributed by atoms with van der Waals surface area (Å²) in [6.07, 6.45) is 0.0300. The molecule has 1 aromatic rings. The topological polar surface area (TPSA) is 72.3 Å². The molecule has 1 aromatic heterocycles. The Kier molecular flexibility index (Phi) is 2.10. The number of nitrogens with one attached hydrogen (secondary N) is 1. The summed E-state index contributed by atoms with van der Waals surface area (Å²) in [5.74, 6) is -0.415. The van der Waals surface area contributed by atoms with Crippen LogP contribution in [0.4, 0.5) is 0 Å². The van der Waals surface area contributed by atoms with Gasteiger partial charge in [-0.2, -0.15) is 0 Å². The van der Waals surface area contributed by atoms with Crippen molar-refractivity contribution < 1.29 is 14.1 Å². The Balaban J connectivity index is 2.65. The smallest absolute Gasteiger partial charge is 0.357 e. The number of methoxy groups -OCH3 is 1. The standard InChI is InChI=1S/C6H7NO4/c1-10-5(8)2-4-3-6(9)11-7-4/h3,7H,2H2,1H3. The minimum Gasteiger partial charge on any atom is -0.469 e. The van der Waals surface area contributed by atoms with E-state index >= 15 is 0 Å². The highest BCUT2D eigenvalue weighted by molar-refractivity contribution is 5.71. The third-order valence-corrected chi connectivity index (χ3v) is 1.14. The zero-order valence-corrected chi connectivity index (χ0v) is 5.92. The van der Waals surface area contributed by atoms with Crippen molar-refractivity contribution in [2.45, 2.75) is 6.42 Å². The predicted molar refractivity (Wildman–Crippen MR) is 35.0 cm³/mol. The van der Waals surface area contributed by atoms with Gasteiger partial charge in [-0.25, -0.2) is 9.95 Å². The summed E-state index contributed by atoms with van der Waals surface area (Å²) in [4.78, 5) is 21.0. The van der Waals surface area contributed by atoms with Crippen LogP contribution in [0.1, 0.15) is 5.69 Å². The van der Waals surface area contributed by atoms with Crippen LogP contribution in [-0.2, 0) is 16.0 Å². The highest BCUT2D eigenvalue weighted by Gasteiger charge is 2.04. The normalized spacial score (nSPS) is 9.55. The lowest BCUT2D eigenvalue weighted by Crippen LogP contribution is -2.04. The van der Waals surface area contributed by atoms with Crippen molar-refractivity contribution in [2.24, 2.45) is 0 Å². The van der Waals surface area contributed by atoms with Crippen LogP contribution in [0.15, 0.2) is 15.4 Å². The van der Waals surface area contributed by atoms with Crippen molar-refractivity contribution in [2.75, 3.05) is 7.11 Å². The number of hydrogen-bond acceptors (Lipinski definition) is 4. The van der Waals surface area contributed by atoms with Gasteiger partial charge in [-0.3, -0.25) is 4.79 Å². The molecule has 0 saturated carbocycles. The Morgan fingerprint density at radius 2 is 2.55 bits per heavy atom. The maximum absolute atomic E-state index is 10.6. The molecular formula is C6H7NO4. The molecule has 11 heavy (non-hydrogen) atoms. The molecule has 0 bridgehead atoms. The van der Waals surface area contributed by atoms with Crippen LogP contribution in [-0.4, -0.2) is 18.2 Å². The summed E-state index contributed by atoms with van der Waals surface area (Å²) in [6.45, 7) is 0. The number of rotatable bonds is 2. The van der Waals surface area contributed by atoms with E-state index in [0.29, 0.717) is 5.69 Å². The summed E-state index contributed by atoms with van der Waals surface area (Å²) >= 11 is 0. The first kappa shape index (κ1) is 7.59. The fraction of sp³-hybridized carbons (Fsp3) is 0.333. The molecule has 0 aliphatic heterocycles. The molecule has 0 atom stereocenters. The van der Waals surface area contributed by atoms with Crippen molar-refractivity contribution in [3.05, 3.63) is 22.2 Å². The molecule has 0 saturated heterocycles. The maximum Gasteiger partial charge on any atom is 0.357 e. The van der Waals surface area contributed by atoms with Gasteiger partial charge in [-0.1, -0.05) is 0 Å². The molecule has 0 aliphatic rings. The number of hydrogen-bond donors (Lipinski definition) is 1. The average molecular weight is 157 g/mol. The molecule has 5 nitrogen and oxygen atoms in total. The number of aromatic amines is 1. The summed E-state index contributed by atoms with van der Waals surface area (Å²) in [6, 6.07) is 1.21. The van der Waals surface area contributed by atoms with Gasteiger partial charge in [0, 0.05) is 6.07 Å². The molecule has 0 spiro atoms. The zero-order valence-electron chi connectivity index (χ0n) is 5.92. The number of carbonyl (C=O) groups is 1. The lowest BCUT2D eigenvalue weighted by Gasteiger charge is -1.92. The van der Waals surface area contributed by atoms with Crippen molar-refractivity contribution in [1.82, 2.24) is 5.16 Å². The first-order valence-corrected chi connectivity index (χ1v) is 2.96. The quantitative estimate of drug-likeness (QED) is 0.597. The highest BCUT2D eigenvalue weighted by Crippen LogP contribution is 1.92. The molecule has 1 rings (SSSR count). The van der Waals surface area contributed by atoms with Gasteiger partial charge in [-0.05, 0) is 0 Å². The summed E-state index contributed by atoms with van der Waals surface area (Å²) in [5.41, 5.74) is -0.0780. The van der Waals surface area contributed by atoms with Gasteiger partial charge in [0.1, 0.15) is 0 Å². The predicted octanol–water partition coefficient (Wildman–Crippen LogP) is -0.317. The van der Waals surface area contributed by atoms with Gasteiger partial charge in [0.15, 0.2) is 0 Å². The number of ether oxygens (including phenoxy) is 1. The second-order valence-corrected chi connectivity index (χ2v) is 1.95. The Morgan fingerprint density at radius 3 is 3.00 bits per heavy atom. The van der Waals surface area contributed by atoms with Gasteiger partial charge < -0.3 is 9.26 Å². The minimum atomic E-state index is -0.496. The first-order chi connectivity index (χ1) is 5.22. The first-order valence-electron chi connectivity index (χ1n) is 2.96. The van der Waals surface area contributed by atoms with E-state index in [2.05, 4.69) is 14.4 Å². The molecule has 0 amide bonds. The van der Waals surface area contributed by atoms with Crippen LogP contribution >= 0.6 is 0 Å². The Hall–Kier alpha value is -1.52. The fourth-order valence-corrected chi connectivity index (χ4v) is 0.632. The lowest BCUT2D eigenvalue weighted by molar-refractivity contribution is -0.139. The van der Waals surface area contributed by atoms with E-state index in [-0.39, 0.29) is 6.42 Å². The molecule has 0 aliphatic carbocycles. The molecule has 0 unspecified atom stereocenters. The molecule has 0 aromatic carbocycles. The van der Waals surface area contributed by atoms with Gasteiger partial charge in [0.2, 0.25) is 0 Å². The Morgan fingerprint density at radius 1 is 1.82 bits per heavy atom. The second kappa shape index (κ2) is 3.05. The number of esters is 1. The Bertz CT molecular complexity index is 298. The highest BCUT2D eigenvalue weighted by atomic mass is 16.5. The zero-order chi connectivity index (χ0) is 8.27. The molecule has 1 N–H and O–H groups in total. The minimum absolute atomic E-state index is 0.0300. The molecular weight excluding hydrogens is 150 g/mol. The van der Waals surface area contributed by atoms with E-state index in [0.717, 1.165) is 0 Å². The van der Waals surface area contributed by atoms with Crippen LogP contribution in [0, 0.1) is 0 Å². The van der Waals surface area contributed by atoms with E-state index in [1.165, 1.54) is 13.2 Å². The SMILES string of the molecule is COC(=O)Cc1cc(=O)o[nH]1. The van der Waals surface area contributed by atoms with E-state index in [1.54, 1.807) is 0 Å².